The highest BCUT2D eigenvalue weighted by Crippen LogP contribution is 2.42. The maximum atomic E-state index is 12.0. The Balaban J connectivity index is 1.46. The number of anilines is 2. The van der Waals surface area contributed by atoms with Crippen LogP contribution >= 0.6 is 0 Å². The van der Waals surface area contributed by atoms with Crippen LogP contribution in [0.15, 0.2) is 54.7 Å². The minimum atomic E-state index is -0.779. The number of alkyl carbamates (subject to hydrolysis) is 1. The summed E-state index contributed by atoms with van der Waals surface area (Å²) >= 11 is 0. The number of carbonyl (C=O) groups is 2. The summed E-state index contributed by atoms with van der Waals surface area (Å²) in [6, 6.07) is 15.4. The summed E-state index contributed by atoms with van der Waals surface area (Å²) in [6.07, 6.45) is 4.13. The SMILES string of the molecule is CCOC(=O)NC(=O)Nc1ccc(C2Cc3cnc(NCCCCN(C)C)nc3-c3ccccc32)cc1. The van der Waals surface area contributed by atoms with Gasteiger partial charge in [-0.15, -0.1) is 0 Å². The van der Waals surface area contributed by atoms with Gasteiger partial charge >= 0.3 is 12.1 Å². The van der Waals surface area contributed by atoms with E-state index in [9.17, 15) is 9.59 Å². The van der Waals surface area contributed by atoms with Gasteiger partial charge in [0.15, 0.2) is 0 Å². The van der Waals surface area contributed by atoms with Crippen LogP contribution in [-0.4, -0.2) is 60.8 Å². The summed E-state index contributed by atoms with van der Waals surface area (Å²) < 4.78 is 4.73. The molecule has 194 valence electrons. The number of imide groups is 1. The van der Waals surface area contributed by atoms with E-state index in [-0.39, 0.29) is 12.5 Å². The minimum Gasteiger partial charge on any atom is -0.450 e. The smallest absolute Gasteiger partial charge is 0.415 e. The Labute approximate surface area is 217 Å². The Morgan fingerprint density at radius 2 is 1.86 bits per heavy atom. The zero-order valence-electron chi connectivity index (χ0n) is 21.6. The first-order valence-corrected chi connectivity index (χ1v) is 12.6. The molecule has 1 unspecified atom stereocenters. The molecule has 9 nitrogen and oxygen atoms in total. The van der Waals surface area contributed by atoms with Crippen LogP contribution in [0.2, 0.25) is 0 Å². The van der Waals surface area contributed by atoms with Gasteiger partial charge in [0, 0.05) is 29.9 Å². The van der Waals surface area contributed by atoms with Crippen LogP contribution < -0.4 is 16.0 Å². The number of carbonyl (C=O) groups excluding carboxylic acids is 2. The Hall–Kier alpha value is -3.98. The average Bonchev–Trinajstić information content (AvgIpc) is 2.88. The second kappa shape index (κ2) is 12.3. The monoisotopic (exact) mass is 502 g/mol. The number of urea groups is 1. The number of rotatable bonds is 9. The van der Waals surface area contributed by atoms with Crippen molar-refractivity contribution in [1.82, 2.24) is 20.2 Å². The van der Waals surface area contributed by atoms with E-state index < -0.39 is 12.1 Å². The molecule has 0 fully saturated rings. The Morgan fingerprint density at radius 3 is 2.62 bits per heavy atom. The largest absolute Gasteiger partial charge is 0.450 e. The molecular formula is C28H34N6O3. The van der Waals surface area contributed by atoms with Crippen LogP contribution in [0.4, 0.5) is 21.2 Å². The number of ether oxygens (including phenoxy) is 1. The van der Waals surface area contributed by atoms with Crippen LogP contribution in [0.25, 0.3) is 11.3 Å². The van der Waals surface area contributed by atoms with Gasteiger partial charge in [-0.3, -0.25) is 0 Å². The van der Waals surface area contributed by atoms with Gasteiger partial charge in [-0.2, -0.15) is 0 Å². The lowest BCUT2D eigenvalue weighted by molar-refractivity contribution is 0.154. The second-order valence-electron chi connectivity index (χ2n) is 9.27. The fourth-order valence-electron chi connectivity index (χ4n) is 4.49. The Bertz CT molecular complexity index is 1230. The third-order valence-electron chi connectivity index (χ3n) is 6.26. The molecule has 3 N–H and O–H groups in total. The molecule has 0 saturated carbocycles. The number of nitrogens with zero attached hydrogens (tertiary/aromatic N) is 3. The van der Waals surface area contributed by atoms with E-state index in [1.807, 2.05) is 36.5 Å². The topological polar surface area (TPSA) is 108 Å². The predicted molar refractivity (Wildman–Crippen MR) is 145 cm³/mol. The molecule has 0 aliphatic heterocycles. The van der Waals surface area contributed by atoms with Crippen LogP contribution in [-0.2, 0) is 11.2 Å². The van der Waals surface area contributed by atoms with E-state index in [1.54, 1.807) is 6.92 Å². The third-order valence-corrected chi connectivity index (χ3v) is 6.26. The molecule has 0 saturated heterocycles. The van der Waals surface area contributed by atoms with Crippen molar-refractivity contribution in [3.8, 4) is 11.3 Å². The van der Waals surface area contributed by atoms with E-state index in [1.165, 1.54) is 5.56 Å². The highest BCUT2D eigenvalue weighted by molar-refractivity contribution is 5.98. The second-order valence-corrected chi connectivity index (χ2v) is 9.27. The lowest BCUT2D eigenvalue weighted by Crippen LogP contribution is -2.34. The molecule has 37 heavy (non-hydrogen) atoms. The van der Waals surface area contributed by atoms with Gasteiger partial charge in [-0.1, -0.05) is 36.4 Å². The van der Waals surface area contributed by atoms with Gasteiger partial charge in [0.1, 0.15) is 0 Å². The van der Waals surface area contributed by atoms with Crippen molar-refractivity contribution in [2.24, 2.45) is 0 Å². The molecule has 2 aromatic carbocycles. The number of unbranched alkanes of at least 4 members (excludes halogenated alkanes) is 1. The first-order valence-electron chi connectivity index (χ1n) is 12.6. The molecule has 3 aromatic rings. The average molecular weight is 503 g/mol. The van der Waals surface area contributed by atoms with Crippen molar-refractivity contribution >= 4 is 23.8 Å². The number of fused-ring (bicyclic) bond motifs is 3. The molecule has 0 spiro atoms. The number of hydrogen-bond acceptors (Lipinski definition) is 7. The van der Waals surface area contributed by atoms with Crippen molar-refractivity contribution < 1.29 is 14.3 Å². The van der Waals surface area contributed by atoms with Crippen LogP contribution in [0.3, 0.4) is 0 Å². The first-order chi connectivity index (χ1) is 17.9. The van der Waals surface area contributed by atoms with Gasteiger partial charge < -0.3 is 20.3 Å². The van der Waals surface area contributed by atoms with Gasteiger partial charge in [0.05, 0.1) is 12.3 Å². The maximum Gasteiger partial charge on any atom is 0.415 e. The molecule has 3 amide bonds. The maximum absolute atomic E-state index is 12.0. The molecule has 1 aliphatic carbocycles. The van der Waals surface area contributed by atoms with Gasteiger partial charge in [0.2, 0.25) is 5.95 Å². The lowest BCUT2D eigenvalue weighted by atomic mass is 9.78. The van der Waals surface area contributed by atoms with E-state index in [4.69, 9.17) is 9.72 Å². The van der Waals surface area contributed by atoms with Crippen molar-refractivity contribution in [3.63, 3.8) is 0 Å². The van der Waals surface area contributed by atoms with Gasteiger partial charge in [-0.25, -0.2) is 24.9 Å². The lowest BCUT2D eigenvalue weighted by Gasteiger charge is -2.27. The summed E-state index contributed by atoms with van der Waals surface area (Å²) in [5.74, 6) is 0.799. The van der Waals surface area contributed by atoms with Crippen molar-refractivity contribution in [2.45, 2.75) is 32.1 Å². The fourth-order valence-corrected chi connectivity index (χ4v) is 4.49. The Kier molecular flexibility index (Phi) is 8.68. The van der Waals surface area contributed by atoms with Gasteiger partial charge in [-0.05, 0) is 75.6 Å². The highest BCUT2D eigenvalue weighted by atomic mass is 16.5. The summed E-state index contributed by atoms with van der Waals surface area (Å²) in [5, 5.41) is 8.15. The summed E-state index contributed by atoms with van der Waals surface area (Å²) in [4.78, 5) is 35.1. The summed E-state index contributed by atoms with van der Waals surface area (Å²) in [6.45, 7) is 3.78. The molecule has 1 aromatic heterocycles. The molecule has 1 aliphatic rings. The predicted octanol–water partition coefficient (Wildman–Crippen LogP) is 4.86. The van der Waals surface area contributed by atoms with Crippen LogP contribution in [0.5, 0.6) is 0 Å². The third kappa shape index (κ3) is 6.83. The van der Waals surface area contributed by atoms with E-state index >= 15 is 0 Å². The van der Waals surface area contributed by atoms with E-state index in [2.05, 4.69) is 58.1 Å². The minimum absolute atomic E-state index is 0.138. The molecule has 9 heteroatoms. The normalized spacial score (nSPS) is 13.9. The Morgan fingerprint density at radius 1 is 1.08 bits per heavy atom. The molecule has 1 atom stereocenters. The molecule has 0 radical (unpaired) electrons. The van der Waals surface area contributed by atoms with E-state index in [0.717, 1.165) is 54.7 Å². The zero-order chi connectivity index (χ0) is 26.2. The number of aromatic nitrogens is 2. The highest BCUT2D eigenvalue weighted by Gasteiger charge is 2.27. The standard InChI is InChI=1S/C28H34N6O3/c1-4-37-28(36)33-27(35)31-21-13-11-19(12-14-21)24-17-20-18-30-26(29-15-7-8-16-34(2)3)32-25(20)23-10-6-5-9-22(23)24/h5-6,9-14,18,24H,4,7-8,15-17H2,1-3H3,(H,29,30,32)(H2,31,33,35,36). The van der Waals surface area contributed by atoms with Crippen molar-refractivity contribution in [1.29, 1.82) is 0 Å². The van der Waals surface area contributed by atoms with Crippen LogP contribution in [0, 0.1) is 0 Å². The quantitative estimate of drug-likeness (QED) is 0.359. The fraction of sp³-hybridized carbons (Fsp3) is 0.357. The summed E-state index contributed by atoms with van der Waals surface area (Å²) in [5.41, 5.74) is 6.12. The number of benzene rings is 2. The summed E-state index contributed by atoms with van der Waals surface area (Å²) in [7, 11) is 4.17. The molecular weight excluding hydrogens is 468 g/mol. The first kappa shape index (κ1) is 26.1. The van der Waals surface area contributed by atoms with Gasteiger partial charge in [0.25, 0.3) is 0 Å². The number of nitrogens with one attached hydrogen (secondary N) is 3. The van der Waals surface area contributed by atoms with Crippen molar-refractivity contribution in [2.75, 3.05) is 44.4 Å². The molecule has 1 heterocycles. The number of amides is 3. The molecule has 4 rings (SSSR count). The van der Waals surface area contributed by atoms with E-state index in [0.29, 0.717) is 11.6 Å². The molecule has 0 bridgehead atoms. The van der Waals surface area contributed by atoms with Crippen LogP contribution in [0.1, 0.15) is 42.4 Å². The zero-order valence-corrected chi connectivity index (χ0v) is 21.6. The number of hydrogen-bond donors (Lipinski definition) is 3. The van der Waals surface area contributed by atoms with Crippen molar-refractivity contribution in [3.05, 3.63) is 71.4 Å².